The number of aromatic nitrogens is 2. The van der Waals surface area contributed by atoms with Crippen LogP contribution in [0.15, 0.2) is 48.5 Å². The highest BCUT2D eigenvalue weighted by atomic mass is 19.4. The average molecular weight is 454 g/mol. The van der Waals surface area contributed by atoms with Crippen LogP contribution in [0, 0.1) is 11.6 Å². The summed E-state index contributed by atoms with van der Waals surface area (Å²) in [6.45, 7) is 1.57. The van der Waals surface area contributed by atoms with Gasteiger partial charge < -0.3 is 20.5 Å². The lowest BCUT2D eigenvalue weighted by molar-refractivity contribution is -0.274. The van der Waals surface area contributed by atoms with Gasteiger partial charge in [-0.15, -0.1) is 13.2 Å². The topological polar surface area (TPSA) is 79.3 Å². The maximum absolute atomic E-state index is 13.4. The van der Waals surface area contributed by atoms with Gasteiger partial charge in [-0.2, -0.15) is 4.98 Å². The van der Waals surface area contributed by atoms with Crippen molar-refractivity contribution in [1.29, 1.82) is 0 Å². The molecule has 0 radical (unpaired) electrons. The number of rotatable bonds is 8. The molecule has 3 aromatic rings. The lowest BCUT2D eigenvalue weighted by atomic mass is 10.1. The summed E-state index contributed by atoms with van der Waals surface area (Å²) >= 11 is 0. The third-order valence-electron chi connectivity index (χ3n) is 4.20. The third kappa shape index (κ3) is 6.51. The Labute approximate surface area is 180 Å². The van der Waals surface area contributed by atoms with Crippen molar-refractivity contribution in [3.8, 4) is 17.0 Å². The number of hydrogen-bond donors (Lipinski definition) is 3. The zero-order valence-electron chi connectivity index (χ0n) is 16.8. The molecule has 0 unspecified atom stereocenters. The minimum absolute atomic E-state index is 0.0971. The van der Waals surface area contributed by atoms with Gasteiger partial charge in [0, 0.05) is 24.2 Å². The molecule has 0 amide bonds. The summed E-state index contributed by atoms with van der Waals surface area (Å²) in [5.41, 5.74) is 1.04. The zero-order chi connectivity index (χ0) is 23.3. The van der Waals surface area contributed by atoms with Crippen molar-refractivity contribution in [2.24, 2.45) is 0 Å². The van der Waals surface area contributed by atoms with Gasteiger partial charge in [0.2, 0.25) is 5.95 Å². The Morgan fingerprint density at radius 2 is 1.81 bits per heavy atom. The van der Waals surface area contributed by atoms with E-state index in [4.69, 9.17) is 0 Å². The normalized spacial score (nSPS) is 12.3. The molecule has 3 N–H and O–H groups in total. The van der Waals surface area contributed by atoms with Crippen LogP contribution in [0.5, 0.6) is 5.75 Å². The van der Waals surface area contributed by atoms with Crippen molar-refractivity contribution in [3.05, 3.63) is 65.7 Å². The molecule has 0 saturated carbocycles. The fourth-order valence-corrected chi connectivity index (χ4v) is 2.71. The molecule has 1 aromatic heterocycles. The SMILES string of the molecule is C[C@H](CO)Nc1nc(NCc2ccc(F)c(F)c2)cc(-c2cccc(OC(F)(F)F)c2)n1. The Kier molecular flexibility index (Phi) is 7.08. The number of benzene rings is 2. The quantitative estimate of drug-likeness (QED) is 0.428. The molecule has 0 fully saturated rings. The highest BCUT2D eigenvalue weighted by molar-refractivity contribution is 5.66. The van der Waals surface area contributed by atoms with E-state index in [0.29, 0.717) is 11.1 Å². The average Bonchev–Trinajstić information content (AvgIpc) is 2.73. The molecule has 0 aliphatic carbocycles. The van der Waals surface area contributed by atoms with E-state index in [-0.39, 0.29) is 30.6 Å². The lowest BCUT2D eigenvalue weighted by Gasteiger charge is -2.15. The van der Waals surface area contributed by atoms with Gasteiger partial charge in [-0.3, -0.25) is 0 Å². The second-order valence-electron chi connectivity index (χ2n) is 6.87. The van der Waals surface area contributed by atoms with E-state index >= 15 is 0 Å². The summed E-state index contributed by atoms with van der Waals surface area (Å²) in [6.07, 6.45) is -4.84. The molecule has 0 spiro atoms. The Morgan fingerprint density at radius 3 is 2.50 bits per heavy atom. The molecular formula is C21H19F5N4O2. The highest BCUT2D eigenvalue weighted by Crippen LogP contribution is 2.29. The minimum atomic E-state index is -4.84. The number of hydrogen-bond acceptors (Lipinski definition) is 6. The molecule has 6 nitrogen and oxygen atoms in total. The number of alkyl halides is 3. The Balaban J connectivity index is 1.90. The van der Waals surface area contributed by atoms with Crippen LogP contribution >= 0.6 is 0 Å². The fourth-order valence-electron chi connectivity index (χ4n) is 2.71. The second kappa shape index (κ2) is 9.77. The number of aliphatic hydroxyl groups is 1. The Bertz CT molecular complexity index is 1080. The van der Waals surface area contributed by atoms with Gasteiger partial charge in [0.15, 0.2) is 11.6 Å². The molecule has 0 aliphatic heterocycles. The fraction of sp³-hybridized carbons (Fsp3) is 0.238. The van der Waals surface area contributed by atoms with E-state index in [1.807, 2.05) is 0 Å². The van der Waals surface area contributed by atoms with Gasteiger partial charge in [-0.1, -0.05) is 18.2 Å². The number of nitrogens with zero attached hydrogens (tertiary/aromatic N) is 2. The number of anilines is 2. The maximum Gasteiger partial charge on any atom is 0.573 e. The molecule has 0 bridgehead atoms. The Hall–Kier alpha value is -3.47. The van der Waals surface area contributed by atoms with E-state index < -0.39 is 29.8 Å². The van der Waals surface area contributed by atoms with E-state index in [9.17, 15) is 27.1 Å². The van der Waals surface area contributed by atoms with Gasteiger partial charge in [-0.05, 0) is 36.8 Å². The smallest absolute Gasteiger partial charge is 0.406 e. The van der Waals surface area contributed by atoms with Crippen LogP contribution in [0.1, 0.15) is 12.5 Å². The van der Waals surface area contributed by atoms with Crippen molar-refractivity contribution in [2.45, 2.75) is 25.9 Å². The first-order chi connectivity index (χ1) is 15.1. The summed E-state index contributed by atoms with van der Waals surface area (Å²) in [6, 6.07) is 9.79. The first-order valence-electron chi connectivity index (χ1n) is 9.43. The third-order valence-corrected chi connectivity index (χ3v) is 4.20. The maximum atomic E-state index is 13.4. The zero-order valence-corrected chi connectivity index (χ0v) is 16.8. The summed E-state index contributed by atoms with van der Waals surface area (Å²) in [7, 11) is 0. The molecular weight excluding hydrogens is 435 g/mol. The van der Waals surface area contributed by atoms with E-state index in [0.717, 1.165) is 18.2 Å². The van der Waals surface area contributed by atoms with Crippen LogP contribution in [-0.2, 0) is 6.54 Å². The monoisotopic (exact) mass is 454 g/mol. The summed E-state index contributed by atoms with van der Waals surface area (Å²) < 4.78 is 68.2. The van der Waals surface area contributed by atoms with Crippen molar-refractivity contribution < 1.29 is 31.8 Å². The molecule has 1 atom stereocenters. The van der Waals surface area contributed by atoms with Crippen LogP contribution < -0.4 is 15.4 Å². The van der Waals surface area contributed by atoms with Crippen LogP contribution in [-0.4, -0.2) is 34.1 Å². The molecule has 170 valence electrons. The molecule has 0 saturated heterocycles. The van der Waals surface area contributed by atoms with Gasteiger partial charge in [0.1, 0.15) is 11.6 Å². The summed E-state index contributed by atoms with van der Waals surface area (Å²) in [5, 5.41) is 15.1. The first-order valence-corrected chi connectivity index (χ1v) is 9.43. The van der Waals surface area contributed by atoms with Gasteiger partial charge in [-0.25, -0.2) is 13.8 Å². The molecule has 32 heavy (non-hydrogen) atoms. The molecule has 11 heteroatoms. The van der Waals surface area contributed by atoms with E-state index in [2.05, 4.69) is 25.3 Å². The summed E-state index contributed by atoms with van der Waals surface area (Å²) in [5.74, 6) is -1.99. The van der Waals surface area contributed by atoms with Crippen molar-refractivity contribution >= 4 is 11.8 Å². The lowest BCUT2D eigenvalue weighted by Crippen LogP contribution is -2.21. The van der Waals surface area contributed by atoms with E-state index in [1.54, 1.807) is 13.0 Å². The van der Waals surface area contributed by atoms with Crippen LogP contribution in [0.2, 0.25) is 0 Å². The second-order valence-corrected chi connectivity index (χ2v) is 6.87. The largest absolute Gasteiger partial charge is 0.573 e. The first kappa shape index (κ1) is 23.2. The number of nitrogens with one attached hydrogen (secondary N) is 2. The number of halogens is 5. The van der Waals surface area contributed by atoms with Crippen LogP contribution in [0.25, 0.3) is 11.3 Å². The van der Waals surface area contributed by atoms with Crippen molar-refractivity contribution in [1.82, 2.24) is 9.97 Å². The van der Waals surface area contributed by atoms with Crippen LogP contribution in [0.3, 0.4) is 0 Å². The van der Waals surface area contributed by atoms with Crippen molar-refractivity contribution in [2.75, 3.05) is 17.2 Å². The number of ether oxygens (including phenoxy) is 1. The highest BCUT2D eigenvalue weighted by Gasteiger charge is 2.31. The number of aliphatic hydroxyl groups excluding tert-OH is 1. The molecule has 1 heterocycles. The van der Waals surface area contributed by atoms with Gasteiger partial charge >= 0.3 is 6.36 Å². The standard InChI is InChI=1S/C21H19F5N4O2/c1-12(11-31)28-20-29-18(14-3-2-4-15(8-14)32-21(24,25)26)9-19(30-20)27-10-13-5-6-16(22)17(23)7-13/h2-9,12,31H,10-11H2,1H3,(H2,27,28,29,30)/t12-/m1/s1. The molecule has 2 aromatic carbocycles. The minimum Gasteiger partial charge on any atom is -0.406 e. The predicted octanol–water partition coefficient (Wildman–Crippen LogP) is 4.73. The summed E-state index contributed by atoms with van der Waals surface area (Å²) in [4.78, 5) is 8.55. The Morgan fingerprint density at radius 1 is 1.03 bits per heavy atom. The molecule has 3 rings (SSSR count). The predicted molar refractivity (Wildman–Crippen MR) is 108 cm³/mol. The van der Waals surface area contributed by atoms with Crippen molar-refractivity contribution in [3.63, 3.8) is 0 Å². The van der Waals surface area contributed by atoms with Crippen LogP contribution in [0.4, 0.5) is 33.7 Å². The van der Waals surface area contributed by atoms with Gasteiger partial charge in [0.25, 0.3) is 0 Å². The van der Waals surface area contributed by atoms with E-state index in [1.165, 1.54) is 24.3 Å². The molecule has 0 aliphatic rings. The van der Waals surface area contributed by atoms with Gasteiger partial charge in [0.05, 0.1) is 12.3 Å².